The summed E-state index contributed by atoms with van der Waals surface area (Å²) < 4.78 is 5.43. The predicted molar refractivity (Wildman–Crippen MR) is 111 cm³/mol. The van der Waals surface area contributed by atoms with Crippen molar-refractivity contribution < 1.29 is 9.53 Å². The Morgan fingerprint density at radius 1 is 0.893 bits per heavy atom. The second-order valence-corrected chi connectivity index (χ2v) is 7.01. The summed E-state index contributed by atoms with van der Waals surface area (Å²) in [4.78, 5) is 21.1. The molecule has 2 aromatic carbocycles. The third kappa shape index (κ3) is 5.49. The van der Waals surface area contributed by atoms with Crippen LogP contribution in [0.5, 0.6) is 5.75 Å². The minimum absolute atomic E-state index is 0.364. The van der Waals surface area contributed by atoms with E-state index in [9.17, 15) is 4.79 Å². The molecule has 144 valence electrons. The topological polar surface area (TPSA) is 52.1 Å². The van der Waals surface area contributed by atoms with Gasteiger partial charge in [0.15, 0.2) is 5.82 Å². The van der Waals surface area contributed by atoms with Crippen LogP contribution in [0, 0.1) is 6.92 Å². The van der Waals surface area contributed by atoms with Crippen LogP contribution in [0.25, 0.3) is 11.4 Å². The molecule has 0 atom stereocenters. The van der Waals surface area contributed by atoms with E-state index in [1.807, 2.05) is 43.6 Å². The van der Waals surface area contributed by atoms with Gasteiger partial charge in [-0.3, -0.25) is 0 Å². The number of benzene rings is 2. The van der Waals surface area contributed by atoms with Gasteiger partial charge in [-0.15, -0.1) is 0 Å². The number of hydrogen-bond donors (Lipinski definition) is 0. The summed E-state index contributed by atoms with van der Waals surface area (Å²) in [6.07, 6.45) is 9.78. The van der Waals surface area contributed by atoms with Gasteiger partial charge in [0, 0.05) is 18.0 Å². The molecule has 0 saturated heterocycles. The number of unbranched alkanes of at least 4 members (excludes halogenated alkanes) is 3. The zero-order valence-corrected chi connectivity index (χ0v) is 16.5. The summed E-state index contributed by atoms with van der Waals surface area (Å²) >= 11 is 0. The fourth-order valence-corrected chi connectivity index (χ4v) is 2.92. The van der Waals surface area contributed by atoms with Crippen LogP contribution in [0.15, 0.2) is 60.9 Å². The highest BCUT2D eigenvalue weighted by molar-refractivity contribution is 5.91. The molecule has 0 unspecified atom stereocenters. The number of esters is 1. The molecule has 0 fully saturated rings. The van der Waals surface area contributed by atoms with Crippen LogP contribution in [0.4, 0.5) is 0 Å². The minimum Gasteiger partial charge on any atom is -0.423 e. The Balaban J connectivity index is 1.59. The van der Waals surface area contributed by atoms with E-state index in [0.717, 1.165) is 17.5 Å². The Morgan fingerprint density at radius 3 is 2.21 bits per heavy atom. The van der Waals surface area contributed by atoms with Crippen molar-refractivity contribution in [2.45, 2.75) is 46.0 Å². The number of hydrogen-bond acceptors (Lipinski definition) is 4. The number of carbonyl (C=O) groups is 1. The molecule has 0 spiro atoms. The van der Waals surface area contributed by atoms with Gasteiger partial charge in [-0.2, -0.15) is 0 Å². The minimum atomic E-state index is -0.364. The molecule has 0 saturated carbocycles. The smallest absolute Gasteiger partial charge is 0.343 e. The van der Waals surface area contributed by atoms with Crippen LogP contribution < -0.4 is 4.74 Å². The highest BCUT2D eigenvalue weighted by Gasteiger charge is 2.09. The van der Waals surface area contributed by atoms with Crippen molar-refractivity contribution in [3.63, 3.8) is 0 Å². The summed E-state index contributed by atoms with van der Waals surface area (Å²) in [6.45, 7) is 4.20. The molecule has 1 heterocycles. The molecule has 4 nitrogen and oxygen atoms in total. The number of rotatable bonds is 8. The molecule has 0 N–H and O–H groups in total. The van der Waals surface area contributed by atoms with Gasteiger partial charge in [-0.25, -0.2) is 14.8 Å². The summed E-state index contributed by atoms with van der Waals surface area (Å²) in [6, 6.07) is 14.6. The van der Waals surface area contributed by atoms with E-state index >= 15 is 0 Å². The number of nitrogens with zero attached hydrogens (tertiary/aromatic N) is 2. The van der Waals surface area contributed by atoms with E-state index in [4.69, 9.17) is 4.74 Å². The van der Waals surface area contributed by atoms with E-state index in [1.165, 1.54) is 31.2 Å². The monoisotopic (exact) mass is 374 g/mol. The number of aryl methyl sites for hydroxylation is 2. The van der Waals surface area contributed by atoms with E-state index in [1.54, 1.807) is 24.3 Å². The molecule has 4 heteroatoms. The first-order valence-corrected chi connectivity index (χ1v) is 9.86. The Bertz CT molecular complexity index is 885. The van der Waals surface area contributed by atoms with Crippen LogP contribution in [0.3, 0.4) is 0 Å². The lowest BCUT2D eigenvalue weighted by Crippen LogP contribution is -2.08. The molecule has 0 bridgehead atoms. The van der Waals surface area contributed by atoms with Gasteiger partial charge in [-0.05, 0) is 61.7 Å². The van der Waals surface area contributed by atoms with E-state index < -0.39 is 0 Å². The van der Waals surface area contributed by atoms with Crippen LogP contribution in [-0.2, 0) is 6.42 Å². The van der Waals surface area contributed by atoms with Gasteiger partial charge in [0.1, 0.15) is 5.75 Å². The molecule has 3 rings (SSSR count). The first-order chi connectivity index (χ1) is 13.7. The van der Waals surface area contributed by atoms with Crippen LogP contribution >= 0.6 is 0 Å². The van der Waals surface area contributed by atoms with Crippen molar-refractivity contribution in [2.24, 2.45) is 0 Å². The zero-order chi connectivity index (χ0) is 19.8. The molecular weight excluding hydrogens is 348 g/mol. The van der Waals surface area contributed by atoms with Gasteiger partial charge in [-0.1, -0.05) is 43.9 Å². The largest absolute Gasteiger partial charge is 0.423 e. The molecule has 1 aromatic heterocycles. The van der Waals surface area contributed by atoms with Crippen molar-refractivity contribution in [3.8, 4) is 17.1 Å². The van der Waals surface area contributed by atoms with E-state index in [0.29, 0.717) is 17.1 Å². The van der Waals surface area contributed by atoms with E-state index in [2.05, 4.69) is 16.9 Å². The number of aromatic nitrogens is 2. The third-order valence-electron chi connectivity index (χ3n) is 4.63. The fraction of sp³-hybridized carbons (Fsp3) is 0.292. The van der Waals surface area contributed by atoms with Crippen molar-refractivity contribution in [1.29, 1.82) is 0 Å². The standard InChI is InChI=1S/C24H26N2O2/c1-3-4-5-6-7-19-16-25-23(26-17-19)20-12-14-22(15-13-20)28-24(27)21-10-8-18(2)9-11-21/h8-17H,3-7H2,1-2H3. The predicted octanol–water partition coefficient (Wildman–Crippen LogP) is 5.79. The average molecular weight is 374 g/mol. The Kier molecular flexibility index (Phi) is 6.90. The lowest BCUT2D eigenvalue weighted by molar-refractivity contribution is 0.0735. The van der Waals surface area contributed by atoms with Crippen LogP contribution in [-0.4, -0.2) is 15.9 Å². The Hall–Kier alpha value is -3.01. The lowest BCUT2D eigenvalue weighted by atomic mass is 10.1. The number of carbonyl (C=O) groups excluding carboxylic acids is 1. The van der Waals surface area contributed by atoms with E-state index in [-0.39, 0.29) is 5.97 Å². The van der Waals surface area contributed by atoms with Crippen LogP contribution in [0.2, 0.25) is 0 Å². The first kappa shape index (κ1) is 19.7. The Morgan fingerprint density at radius 2 is 1.57 bits per heavy atom. The van der Waals surface area contributed by atoms with Crippen molar-refractivity contribution >= 4 is 5.97 Å². The molecule has 0 aliphatic heterocycles. The summed E-state index contributed by atoms with van der Waals surface area (Å²) in [5, 5.41) is 0. The van der Waals surface area contributed by atoms with Gasteiger partial charge >= 0.3 is 5.97 Å². The second-order valence-electron chi connectivity index (χ2n) is 7.01. The third-order valence-corrected chi connectivity index (χ3v) is 4.63. The first-order valence-electron chi connectivity index (χ1n) is 9.86. The second kappa shape index (κ2) is 9.79. The van der Waals surface area contributed by atoms with Crippen molar-refractivity contribution in [2.75, 3.05) is 0 Å². The quantitative estimate of drug-likeness (QED) is 0.284. The summed E-state index contributed by atoms with van der Waals surface area (Å²) in [5.41, 5.74) is 3.71. The zero-order valence-electron chi connectivity index (χ0n) is 16.5. The van der Waals surface area contributed by atoms with Crippen molar-refractivity contribution in [3.05, 3.63) is 77.6 Å². The summed E-state index contributed by atoms with van der Waals surface area (Å²) in [5.74, 6) is 0.812. The highest BCUT2D eigenvalue weighted by Crippen LogP contribution is 2.20. The maximum atomic E-state index is 12.2. The lowest BCUT2D eigenvalue weighted by Gasteiger charge is -2.06. The fourth-order valence-electron chi connectivity index (χ4n) is 2.92. The van der Waals surface area contributed by atoms with Crippen molar-refractivity contribution in [1.82, 2.24) is 9.97 Å². The summed E-state index contributed by atoms with van der Waals surface area (Å²) in [7, 11) is 0. The van der Waals surface area contributed by atoms with Gasteiger partial charge in [0.05, 0.1) is 5.56 Å². The Labute approximate surface area is 166 Å². The molecule has 0 radical (unpaired) electrons. The van der Waals surface area contributed by atoms with Crippen LogP contribution in [0.1, 0.15) is 54.1 Å². The average Bonchev–Trinajstić information content (AvgIpc) is 2.73. The molecular formula is C24H26N2O2. The molecule has 28 heavy (non-hydrogen) atoms. The molecule has 0 aliphatic rings. The number of ether oxygens (including phenoxy) is 1. The molecule has 0 amide bonds. The van der Waals surface area contributed by atoms with Gasteiger partial charge in [0.2, 0.25) is 0 Å². The molecule has 0 aliphatic carbocycles. The normalized spacial score (nSPS) is 10.6. The van der Waals surface area contributed by atoms with Gasteiger partial charge < -0.3 is 4.74 Å². The maximum Gasteiger partial charge on any atom is 0.343 e. The SMILES string of the molecule is CCCCCCc1cnc(-c2ccc(OC(=O)c3ccc(C)cc3)cc2)nc1. The highest BCUT2D eigenvalue weighted by atomic mass is 16.5. The van der Waals surface area contributed by atoms with Gasteiger partial charge in [0.25, 0.3) is 0 Å². The maximum absolute atomic E-state index is 12.2. The molecule has 3 aromatic rings.